The average molecular weight is 190 g/mol. The van der Waals surface area contributed by atoms with Gasteiger partial charge in [-0.3, -0.25) is 0 Å². The largest absolute Gasteiger partial charge is 0.389 e. The minimum atomic E-state index is -0.640. The lowest BCUT2D eigenvalue weighted by Gasteiger charge is -2.17. The lowest BCUT2D eigenvalue weighted by Crippen LogP contribution is -2.41. The number of aliphatic hydroxyl groups is 1. The van der Waals surface area contributed by atoms with Crippen molar-refractivity contribution in [1.82, 2.24) is 10.2 Å². The summed E-state index contributed by atoms with van der Waals surface area (Å²) in [5.74, 6) is 0. The number of rotatable bonds is 5. The molecule has 5 nitrogen and oxygen atoms in total. The first-order chi connectivity index (χ1) is 6.11. The Bertz CT molecular complexity index is 152. The molecular weight excluding hydrogens is 172 g/mol. The van der Waals surface area contributed by atoms with E-state index < -0.39 is 6.10 Å². The van der Waals surface area contributed by atoms with Crippen LogP contribution < -0.4 is 5.32 Å². The lowest BCUT2D eigenvalue weighted by molar-refractivity contribution is 0.0651. The van der Waals surface area contributed by atoms with Gasteiger partial charge < -0.3 is 20.1 Å². The van der Waals surface area contributed by atoms with Gasteiger partial charge in [-0.05, 0) is 6.92 Å². The van der Waals surface area contributed by atoms with Crippen molar-refractivity contribution >= 4 is 6.03 Å². The first kappa shape index (κ1) is 12.2. The molecule has 0 aliphatic carbocycles. The highest BCUT2D eigenvalue weighted by Crippen LogP contribution is 1.85. The minimum absolute atomic E-state index is 0.183. The van der Waals surface area contributed by atoms with Crippen LogP contribution in [0.3, 0.4) is 0 Å². The van der Waals surface area contributed by atoms with Crippen LogP contribution in [0.4, 0.5) is 4.79 Å². The van der Waals surface area contributed by atoms with Crippen molar-refractivity contribution in [2.24, 2.45) is 0 Å². The van der Waals surface area contributed by atoms with E-state index in [1.165, 1.54) is 12.0 Å². The lowest BCUT2D eigenvalue weighted by atomic mass is 10.4. The molecule has 13 heavy (non-hydrogen) atoms. The van der Waals surface area contributed by atoms with E-state index in [0.717, 1.165) is 0 Å². The summed E-state index contributed by atoms with van der Waals surface area (Å²) in [6.45, 7) is 2.98. The number of nitrogens with one attached hydrogen (secondary N) is 1. The second-order valence-electron chi connectivity index (χ2n) is 2.81. The molecule has 0 rings (SSSR count). The Morgan fingerprint density at radius 3 is 2.77 bits per heavy atom. The number of hydrogen-bond acceptors (Lipinski definition) is 3. The third-order valence-electron chi connectivity index (χ3n) is 1.67. The number of carbonyl (C=O) groups is 1. The van der Waals surface area contributed by atoms with Gasteiger partial charge in [0.25, 0.3) is 0 Å². The van der Waals surface area contributed by atoms with Crippen molar-refractivity contribution in [3.63, 3.8) is 0 Å². The predicted octanol–water partition coefficient (Wildman–Crippen LogP) is -0.345. The van der Waals surface area contributed by atoms with Crippen molar-refractivity contribution in [3.8, 4) is 0 Å². The Morgan fingerprint density at radius 2 is 2.31 bits per heavy atom. The first-order valence-electron chi connectivity index (χ1n) is 4.27. The molecule has 0 aromatic heterocycles. The Hall–Kier alpha value is -0.810. The Balaban J connectivity index is 3.57. The van der Waals surface area contributed by atoms with Gasteiger partial charge >= 0.3 is 6.03 Å². The van der Waals surface area contributed by atoms with Crippen LogP contribution >= 0.6 is 0 Å². The SMILES string of the molecule is CCN(C)C(=O)NCC(O)COC. The summed E-state index contributed by atoms with van der Waals surface area (Å²) in [6, 6.07) is -0.183. The third kappa shape index (κ3) is 5.43. The van der Waals surface area contributed by atoms with Crippen LogP contribution in [0.25, 0.3) is 0 Å². The fraction of sp³-hybridized carbons (Fsp3) is 0.875. The summed E-state index contributed by atoms with van der Waals surface area (Å²) in [5, 5.41) is 11.8. The molecule has 0 saturated carbocycles. The highest BCUT2D eigenvalue weighted by atomic mass is 16.5. The van der Waals surface area contributed by atoms with Gasteiger partial charge in [-0.25, -0.2) is 4.79 Å². The highest BCUT2D eigenvalue weighted by Gasteiger charge is 2.08. The molecule has 78 valence electrons. The summed E-state index contributed by atoms with van der Waals surface area (Å²) in [5.41, 5.74) is 0. The number of ether oxygens (including phenoxy) is 1. The van der Waals surface area contributed by atoms with E-state index in [0.29, 0.717) is 6.54 Å². The van der Waals surface area contributed by atoms with Crippen molar-refractivity contribution < 1.29 is 14.6 Å². The van der Waals surface area contributed by atoms with Gasteiger partial charge in [-0.15, -0.1) is 0 Å². The van der Waals surface area contributed by atoms with E-state index in [1.54, 1.807) is 7.05 Å². The molecule has 0 saturated heterocycles. The minimum Gasteiger partial charge on any atom is -0.389 e. The normalized spacial score (nSPS) is 12.3. The van der Waals surface area contributed by atoms with Gasteiger partial charge in [0.1, 0.15) is 0 Å². The van der Waals surface area contributed by atoms with Gasteiger partial charge in [0.2, 0.25) is 0 Å². The average Bonchev–Trinajstić information content (AvgIpc) is 2.13. The Labute approximate surface area is 78.7 Å². The van der Waals surface area contributed by atoms with Gasteiger partial charge in [0, 0.05) is 27.2 Å². The fourth-order valence-corrected chi connectivity index (χ4v) is 0.735. The van der Waals surface area contributed by atoms with E-state index in [2.05, 4.69) is 5.32 Å². The zero-order valence-electron chi connectivity index (χ0n) is 8.41. The van der Waals surface area contributed by atoms with Crippen molar-refractivity contribution in [3.05, 3.63) is 0 Å². The van der Waals surface area contributed by atoms with Gasteiger partial charge in [0.15, 0.2) is 0 Å². The maximum atomic E-state index is 11.1. The molecule has 1 atom stereocenters. The highest BCUT2D eigenvalue weighted by molar-refractivity contribution is 5.73. The predicted molar refractivity (Wildman–Crippen MR) is 49.6 cm³/mol. The number of aliphatic hydroxyl groups excluding tert-OH is 1. The molecule has 1 unspecified atom stereocenters. The monoisotopic (exact) mass is 190 g/mol. The molecule has 2 amide bonds. The van der Waals surface area contributed by atoms with Crippen LogP contribution in [0.1, 0.15) is 6.92 Å². The first-order valence-corrected chi connectivity index (χ1v) is 4.27. The molecule has 0 aliphatic heterocycles. The standard InChI is InChI=1S/C8H18N2O3/c1-4-10(2)8(12)9-5-7(11)6-13-3/h7,11H,4-6H2,1-3H3,(H,9,12). The topological polar surface area (TPSA) is 61.8 Å². The third-order valence-corrected chi connectivity index (χ3v) is 1.67. The quantitative estimate of drug-likeness (QED) is 0.623. The molecular formula is C8H18N2O3. The number of nitrogens with zero attached hydrogens (tertiary/aromatic N) is 1. The molecule has 0 radical (unpaired) electrons. The van der Waals surface area contributed by atoms with Crippen LogP contribution in [0.2, 0.25) is 0 Å². The van der Waals surface area contributed by atoms with Gasteiger partial charge in [0.05, 0.1) is 12.7 Å². The second-order valence-corrected chi connectivity index (χ2v) is 2.81. The van der Waals surface area contributed by atoms with Crippen LogP contribution in [0, 0.1) is 0 Å². The van der Waals surface area contributed by atoms with Gasteiger partial charge in [-0.1, -0.05) is 0 Å². The smallest absolute Gasteiger partial charge is 0.317 e. The van der Waals surface area contributed by atoms with Crippen LogP contribution in [-0.4, -0.2) is 56.0 Å². The Kier molecular flexibility index (Phi) is 6.26. The molecule has 0 spiro atoms. The molecule has 0 bridgehead atoms. The van der Waals surface area contributed by atoms with E-state index in [4.69, 9.17) is 4.74 Å². The van der Waals surface area contributed by atoms with Gasteiger partial charge in [-0.2, -0.15) is 0 Å². The molecule has 0 aromatic rings. The van der Waals surface area contributed by atoms with Crippen molar-refractivity contribution in [1.29, 1.82) is 0 Å². The molecule has 0 heterocycles. The summed E-state index contributed by atoms with van der Waals surface area (Å²) in [4.78, 5) is 12.7. The molecule has 0 aliphatic rings. The number of carbonyl (C=O) groups excluding carboxylic acids is 1. The maximum Gasteiger partial charge on any atom is 0.317 e. The number of methoxy groups -OCH3 is 1. The molecule has 0 fully saturated rings. The van der Waals surface area contributed by atoms with Crippen molar-refractivity contribution in [2.75, 3.05) is 33.9 Å². The van der Waals surface area contributed by atoms with E-state index in [1.807, 2.05) is 6.92 Å². The summed E-state index contributed by atoms with van der Waals surface area (Å²) in [7, 11) is 3.20. The number of urea groups is 1. The number of hydrogen-bond donors (Lipinski definition) is 2. The summed E-state index contributed by atoms with van der Waals surface area (Å²) >= 11 is 0. The van der Waals surface area contributed by atoms with E-state index >= 15 is 0 Å². The summed E-state index contributed by atoms with van der Waals surface area (Å²) < 4.78 is 4.71. The van der Waals surface area contributed by atoms with Crippen LogP contribution in [0.15, 0.2) is 0 Å². The van der Waals surface area contributed by atoms with Crippen LogP contribution in [-0.2, 0) is 4.74 Å². The van der Waals surface area contributed by atoms with E-state index in [9.17, 15) is 9.90 Å². The van der Waals surface area contributed by atoms with E-state index in [-0.39, 0.29) is 19.2 Å². The maximum absolute atomic E-state index is 11.1. The fourth-order valence-electron chi connectivity index (χ4n) is 0.735. The Morgan fingerprint density at radius 1 is 1.69 bits per heavy atom. The zero-order valence-corrected chi connectivity index (χ0v) is 8.41. The van der Waals surface area contributed by atoms with Crippen LogP contribution in [0.5, 0.6) is 0 Å². The number of amides is 2. The zero-order chi connectivity index (χ0) is 10.3. The summed E-state index contributed by atoms with van der Waals surface area (Å²) in [6.07, 6.45) is -0.640. The second kappa shape index (κ2) is 6.68. The molecule has 0 aromatic carbocycles. The molecule has 2 N–H and O–H groups in total. The van der Waals surface area contributed by atoms with Crippen molar-refractivity contribution in [2.45, 2.75) is 13.0 Å². The molecule has 5 heteroatoms.